The lowest BCUT2D eigenvalue weighted by molar-refractivity contribution is -0.139. The first kappa shape index (κ1) is 23.4. The minimum atomic E-state index is -0.614. The Labute approximate surface area is 190 Å². The summed E-state index contributed by atoms with van der Waals surface area (Å²) in [5.74, 6) is 0.557. The standard InChI is InChI=1S/C26H32N2O4/c1-7-31-25(29)23-21(15-32-22-11-9-8-10-19(22)16(2)3)28(6)26(30)27-24(23)20-14-17(4)12-13-18(20)5/h8-14,16,24H,7,15H2,1-6H3,(H,27,30)/t24-/m1/s1. The summed E-state index contributed by atoms with van der Waals surface area (Å²) in [6, 6.07) is 12.9. The Balaban J connectivity index is 2.09. The number of rotatable bonds is 7. The summed E-state index contributed by atoms with van der Waals surface area (Å²) in [5, 5.41) is 2.97. The molecule has 1 aliphatic heterocycles. The lowest BCUT2D eigenvalue weighted by atomic mass is 9.90. The molecule has 1 N–H and O–H groups in total. The molecular weight excluding hydrogens is 404 g/mol. The molecule has 2 aromatic carbocycles. The van der Waals surface area contributed by atoms with Gasteiger partial charge in [0, 0.05) is 7.05 Å². The van der Waals surface area contributed by atoms with Crippen LogP contribution in [0.2, 0.25) is 0 Å². The number of aryl methyl sites for hydroxylation is 2. The number of likely N-dealkylation sites (N-methyl/N-ethyl adjacent to an activating group) is 1. The van der Waals surface area contributed by atoms with Gasteiger partial charge < -0.3 is 14.8 Å². The summed E-state index contributed by atoms with van der Waals surface area (Å²) in [6.07, 6.45) is 0. The molecule has 0 bridgehead atoms. The van der Waals surface area contributed by atoms with E-state index in [-0.39, 0.29) is 25.2 Å². The molecule has 1 aliphatic rings. The van der Waals surface area contributed by atoms with Gasteiger partial charge in [-0.2, -0.15) is 0 Å². The van der Waals surface area contributed by atoms with Crippen LogP contribution in [0, 0.1) is 13.8 Å². The normalized spacial score (nSPS) is 16.3. The Morgan fingerprint density at radius 1 is 1.16 bits per heavy atom. The van der Waals surface area contributed by atoms with Crippen LogP contribution in [-0.2, 0) is 9.53 Å². The minimum absolute atomic E-state index is 0.0726. The molecule has 2 amide bonds. The number of hydrogen-bond acceptors (Lipinski definition) is 4. The van der Waals surface area contributed by atoms with Gasteiger partial charge in [0.15, 0.2) is 0 Å². The highest BCUT2D eigenvalue weighted by atomic mass is 16.5. The van der Waals surface area contributed by atoms with Gasteiger partial charge in [-0.15, -0.1) is 0 Å². The Kier molecular flexibility index (Phi) is 7.23. The number of esters is 1. The van der Waals surface area contributed by atoms with E-state index >= 15 is 0 Å². The van der Waals surface area contributed by atoms with Crippen molar-refractivity contribution in [3.63, 3.8) is 0 Å². The number of para-hydroxylation sites is 1. The largest absolute Gasteiger partial charge is 0.487 e. The average Bonchev–Trinajstić information content (AvgIpc) is 2.76. The topological polar surface area (TPSA) is 67.9 Å². The monoisotopic (exact) mass is 436 g/mol. The maximum atomic E-state index is 13.1. The van der Waals surface area contributed by atoms with Gasteiger partial charge in [-0.25, -0.2) is 9.59 Å². The number of carbonyl (C=O) groups excluding carboxylic acids is 2. The number of ether oxygens (including phenoxy) is 2. The van der Waals surface area contributed by atoms with Crippen LogP contribution in [0.1, 0.15) is 55.0 Å². The number of carbonyl (C=O) groups is 2. The van der Waals surface area contributed by atoms with Gasteiger partial charge in [-0.05, 0) is 49.4 Å². The SMILES string of the molecule is CCOC(=O)C1=C(COc2ccccc2C(C)C)N(C)C(=O)N[C@@H]1c1cc(C)ccc1C. The predicted octanol–water partition coefficient (Wildman–Crippen LogP) is 5.02. The molecule has 32 heavy (non-hydrogen) atoms. The Morgan fingerprint density at radius 3 is 2.56 bits per heavy atom. The van der Waals surface area contributed by atoms with E-state index in [2.05, 4.69) is 19.2 Å². The van der Waals surface area contributed by atoms with E-state index in [1.165, 1.54) is 4.90 Å². The van der Waals surface area contributed by atoms with Gasteiger partial charge in [0.25, 0.3) is 0 Å². The zero-order valence-electron chi connectivity index (χ0n) is 19.7. The van der Waals surface area contributed by atoms with Crippen LogP contribution < -0.4 is 10.1 Å². The smallest absolute Gasteiger partial charge is 0.338 e. The van der Waals surface area contributed by atoms with Gasteiger partial charge in [-0.1, -0.05) is 55.8 Å². The number of benzene rings is 2. The zero-order valence-corrected chi connectivity index (χ0v) is 19.7. The highest BCUT2D eigenvalue weighted by Gasteiger charge is 2.37. The Hall–Kier alpha value is -3.28. The lowest BCUT2D eigenvalue weighted by Crippen LogP contribution is -2.48. The third-order valence-corrected chi connectivity index (χ3v) is 5.72. The van der Waals surface area contributed by atoms with Gasteiger partial charge in [-0.3, -0.25) is 4.90 Å². The maximum absolute atomic E-state index is 13.1. The van der Waals surface area contributed by atoms with E-state index in [0.29, 0.717) is 11.3 Å². The molecule has 0 saturated carbocycles. The number of nitrogens with zero attached hydrogens (tertiary/aromatic N) is 1. The molecule has 0 spiro atoms. The molecule has 170 valence electrons. The molecular formula is C26H32N2O4. The quantitative estimate of drug-likeness (QED) is 0.619. The summed E-state index contributed by atoms with van der Waals surface area (Å²) in [5.41, 5.74) is 4.86. The van der Waals surface area contributed by atoms with Gasteiger partial charge in [0.05, 0.1) is 23.9 Å². The second-order valence-electron chi connectivity index (χ2n) is 8.36. The van der Waals surface area contributed by atoms with E-state index in [4.69, 9.17) is 9.47 Å². The average molecular weight is 437 g/mol. The molecule has 0 unspecified atom stereocenters. The fraction of sp³-hybridized carbons (Fsp3) is 0.385. The van der Waals surface area contributed by atoms with Gasteiger partial charge in [0.1, 0.15) is 12.4 Å². The highest BCUT2D eigenvalue weighted by molar-refractivity contribution is 5.95. The van der Waals surface area contributed by atoms with Crippen molar-refractivity contribution in [2.45, 2.75) is 46.6 Å². The minimum Gasteiger partial charge on any atom is -0.487 e. The molecule has 1 atom stereocenters. The number of amides is 2. The van der Waals surface area contributed by atoms with Crippen LogP contribution in [0.5, 0.6) is 5.75 Å². The highest BCUT2D eigenvalue weighted by Crippen LogP contribution is 2.34. The van der Waals surface area contributed by atoms with Crippen LogP contribution in [-0.4, -0.2) is 37.2 Å². The summed E-state index contributed by atoms with van der Waals surface area (Å²) in [4.78, 5) is 27.4. The van der Waals surface area contributed by atoms with E-state index in [1.54, 1.807) is 14.0 Å². The van der Waals surface area contributed by atoms with E-state index in [0.717, 1.165) is 28.0 Å². The van der Waals surface area contributed by atoms with Crippen molar-refractivity contribution >= 4 is 12.0 Å². The van der Waals surface area contributed by atoms with Crippen molar-refractivity contribution in [1.82, 2.24) is 10.2 Å². The van der Waals surface area contributed by atoms with Crippen molar-refractivity contribution in [2.75, 3.05) is 20.3 Å². The van der Waals surface area contributed by atoms with Crippen molar-refractivity contribution in [3.8, 4) is 5.75 Å². The molecule has 0 radical (unpaired) electrons. The summed E-state index contributed by atoms with van der Waals surface area (Å²) in [6.45, 7) is 10.2. The summed E-state index contributed by atoms with van der Waals surface area (Å²) in [7, 11) is 1.64. The van der Waals surface area contributed by atoms with Crippen LogP contribution in [0.25, 0.3) is 0 Å². The molecule has 0 saturated heterocycles. The fourth-order valence-electron chi connectivity index (χ4n) is 3.92. The second kappa shape index (κ2) is 9.90. The van der Waals surface area contributed by atoms with Crippen LogP contribution in [0.4, 0.5) is 4.79 Å². The van der Waals surface area contributed by atoms with Crippen molar-refractivity contribution in [1.29, 1.82) is 0 Å². The molecule has 3 rings (SSSR count). The third-order valence-electron chi connectivity index (χ3n) is 5.72. The van der Waals surface area contributed by atoms with Crippen LogP contribution in [0.3, 0.4) is 0 Å². The molecule has 6 heteroatoms. The molecule has 0 fully saturated rings. The molecule has 6 nitrogen and oxygen atoms in total. The van der Waals surface area contributed by atoms with Crippen LogP contribution in [0.15, 0.2) is 53.7 Å². The zero-order chi connectivity index (χ0) is 23.4. The van der Waals surface area contributed by atoms with Crippen molar-refractivity contribution < 1.29 is 19.1 Å². The van der Waals surface area contributed by atoms with E-state index < -0.39 is 12.0 Å². The van der Waals surface area contributed by atoms with Crippen LogP contribution >= 0.6 is 0 Å². The number of nitrogens with one attached hydrogen (secondary N) is 1. The lowest BCUT2D eigenvalue weighted by Gasteiger charge is -2.35. The molecule has 0 aliphatic carbocycles. The number of hydrogen-bond donors (Lipinski definition) is 1. The van der Waals surface area contributed by atoms with Crippen molar-refractivity contribution in [2.24, 2.45) is 0 Å². The third kappa shape index (κ3) is 4.79. The Bertz CT molecular complexity index is 1040. The summed E-state index contributed by atoms with van der Waals surface area (Å²) >= 11 is 0. The number of urea groups is 1. The first-order chi connectivity index (χ1) is 15.2. The molecule has 1 heterocycles. The van der Waals surface area contributed by atoms with Gasteiger partial charge in [0.2, 0.25) is 0 Å². The Morgan fingerprint density at radius 2 is 1.88 bits per heavy atom. The second-order valence-corrected chi connectivity index (χ2v) is 8.36. The van der Waals surface area contributed by atoms with Gasteiger partial charge >= 0.3 is 12.0 Å². The predicted molar refractivity (Wildman–Crippen MR) is 125 cm³/mol. The first-order valence-electron chi connectivity index (χ1n) is 11.0. The fourth-order valence-corrected chi connectivity index (χ4v) is 3.92. The first-order valence-corrected chi connectivity index (χ1v) is 11.0. The van der Waals surface area contributed by atoms with Crippen molar-refractivity contribution in [3.05, 3.63) is 76.0 Å². The van der Waals surface area contributed by atoms with E-state index in [9.17, 15) is 9.59 Å². The summed E-state index contributed by atoms with van der Waals surface area (Å²) < 4.78 is 11.6. The molecule has 2 aromatic rings. The van der Waals surface area contributed by atoms with E-state index in [1.807, 2.05) is 56.3 Å². The maximum Gasteiger partial charge on any atom is 0.338 e. The molecule has 0 aromatic heterocycles.